The minimum Gasteiger partial charge on any atom is -0.467 e. The highest BCUT2D eigenvalue weighted by Gasteiger charge is 2.05. The third-order valence-corrected chi connectivity index (χ3v) is 2.66. The second-order valence-electron chi connectivity index (χ2n) is 4.29. The van der Waals surface area contributed by atoms with Crippen molar-refractivity contribution in [3.05, 3.63) is 41.9 Å². The number of amides is 1. The van der Waals surface area contributed by atoms with E-state index in [2.05, 4.69) is 20.3 Å². The number of carbonyl (C=O) groups is 1. The molecule has 0 radical (unpaired) electrons. The summed E-state index contributed by atoms with van der Waals surface area (Å²) in [5, 5.41) is 2.76. The van der Waals surface area contributed by atoms with Crippen molar-refractivity contribution in [2.24, 2.45) is 0 Å². The molecular formula is C14H16N4O2. The largest absolute Gasteiger partial charge is 0.467 e. The Bertz CT molecular complexity index is 584. The third-order valence-electron chi connectivity index (χ3n) is 2.66. The SMILES string of the molecule is COc1ncc(CCC(=O)Nc2cccc(C)n2)cn1. The Hall–Kier alpha value is -2.50. The molecule has 0 spiro atoms. The van der Waals surface area contributed by atoms with Crippen molar-refractivity contribution in [2.75, 3.05) is 12.4 Å². The minimum absolute atomic E-state index is 0.0843. The number of carbonyl (C=O) groups excluding carboxylic acids is 1. The van der Waals surface area contributed by atoms with E-state index < -0.39 is 0 Å². The molecule has 2 aromatic heterocycles. The standard InChI is InChI=1S/C14H16N4O2/c1-10-4-3-5-12(17-10)18-13(19)7-6-11-8-15-14(20-2)16-9-11/h3-5,8-9H,6-7H2,1-2H3,(H,17,18,19). The van der Waals surface area contributed by atoms with Crippen LogP contribution in [0.4, 0.5) is 5.82 Å². The first-order valence-electron chi connectivity index (χ1n) is 6.26. The van der Waals surface area contributed by atoms with E-state index in [1.807, 2.05) is 19.1 Å². The number of anilines is 1. The van der Waals surface area contributed by atoms with Crippen LogP contribution in [0.1, 0.15) is 17.7 Å². The summed E-state index contributed by atoms with van der Waals surface area (Å²) in [5.74, 6) is 0.486. The van der Waals surface area contributed by atoms with Gasteiger partial charge in [0.05, 0.1) is 7.11 Å². The van der Waals surface area contributed by atoms with Crippen LogP contribution in [0.15, 0.2) is 30.6 Å². The van der Waals surface area contributed by atoms with Gasteiger partial charge in [-0.3, -0.25) is 4.79 Å². The molecule has 2 heterocycles. The van der Waals surface area contributed by atoms with Gasteiger partial charge in [0.15, 0.2) is 0 Å². The van der Waals surface area contributed by atoms with Gasteiger partial charge in [-0.2, -0.15) is 0 Å². The lowest BCUT2D eigenvalue weighted by molar-refractivity contribution is -0.116. The Kier molecular flexibility index (Phi) is 4.60. The van der Waals surface area contributed by atoms with E-state index >= 15 is 0 Å². The molecule has 1 amide bonds. The molecule has 0 aliphatic rings. The summed E-state index contributed by atoms with van der Waals surface area (Å²) in [4.78, 5) is 24.0. The third kappa shape index (κ3) is 4.01. The Morgan fingerprint density at radius 2 is 2.05 bits per heavy atom. The zero-order valence-corrected chi connectivity index (χ0v) is 11.5. The summed E-state index contributed by atoms with van der Waals surface area (Å²) in [6, 6.07) is 5.82. The van der Waals surface area contributed by atoms with Crippen molar-refractivity contribution in [3.8, 4) is 6.01 Å². The van der Waals surface area contributed by atoms with E-state index in [1.54, 1.807) is 18.5 Å². The molecule has 1 N–H and O–H groups in total. The van der Waals surface area contributed by atoms with Gasteiger partial charge in [0, 0.05) is 24.5 Å². The minimum atomic E-state index is -0.0843. The first-order valence-corrected chi connectivity index (χ1v) is 6.26. The van der Waals surface area contributed by atoms with E-state index in [-0.39, 0.29) is 5.91 Å². The van der Waals surface area contributed by atoms with E-state index in [4.69, 9.17) is 4.74 Å². The number of aryl methyl sites for hydroxylation is 2. The molecule has 0 saturated heterocycles. The topological polar surface area (TPSA) is 77.0 Å². The summed E-state index contributed by atoms with van der Waals surface area (Å²) >= 11 is 0. The normalized spacial score (nSPS) is 10.1. The summed E-state index contributed by atoms with van der Waals surface area (Å²) < 4.78 is 4.88. The molecule has 0 atom stereocenters. The van der Waals surface area contributed by atoms with Gasteiger partial charge in [-0.15, -0.1) is 0 Å². The number of hydrogen-bond acceptors (Lipinski definition) is 5. The van der Waals surface area contributed by atoms with E-state index in [0.29, 0.717) is 24.7 Å². The molecule has 0 aromatic carbocycles. The van der Waals surface area contributed by atoms with Crippen LogP contribution in [0.3, 0.4) is 0 Å². The second-order valence-corrected chi connectivity index (χ2v) is 4.29. The van der Waals surface area contributed by atoms with Crippen LogP contribution in [0.25, 0.3) is 0 Å². The summed E-state index contributed by atoms with van der Waals surface area (Å²) in [6.07, 6.45) is 4.24. The number of aromatic nitrogens is 3. The number of nitrogens with one attached hydrogen (secondary N) is 1. The van der Waals surface area contributed by atoms with Gasteiger partial charge in [0.2, 0.25) is 5.91 Å². The van der Waals surface area contributed by atoms with E-state index in [1.165, 1.54) is 7.11 Å². The summed E-state index contributed by atoms with van der Waals surface area (Å²) in [5.41, 5.74) is 1.75. The molecular weight excluding hydrogens is 256 g/mol. The number of pyridine rings is 1. The Labute approximate surface area is 117 Å². The van der Waals surface area contributed by atoms with Crippen LogP contribution in [0, 0.1) is 6.92 Å². The van der Waals surface area contributed by atoms with Gasteiger partial charge >= 0.3 is 6.01 Å². The van der Waals surface area contributed by atoms with Crippen LogP contribution in [0.5, 0.6) is 6.01 Å². The molecule has 6 heteroatoms. The Balaban J connectivity index is 1.85. The van der Waals surface area contributed by atoms with Gasteiger partial charge < -0.3 is 10.1 Å². The molecule has 2 rings (SSSR count). The maximum Gasteiger partial charge on any atom is 0.316 e. The Morgan fingerprint density at radius 3 is 2.70 bits per heavy atom. The van der Waals surface area contributed by atoms with Crippen molar-refractivity contribution < 1.29 is 9.53 Å². The lowest BCUT2D eigenvalue weighted by atomic mass is 10.2. The zero-order chi connectivity index (χ0) is 14.4. The maximum absolute atomic E-state index is 11.8. The fourth-order valence-electron chi connectivity index (χ4n) is 1.65. The Morgan fingerprint density at radius 1 is 1.30 bits per heavy atom. The number of hydrogen-bond donors (Lipinski definition) is 1. The predicted molar refractivity (Wildman–Crippen MR) is 74.5 cm³/mol. The average molecular weight is 272 g/mol. The van der Waals surface area contributed by atoms with Crippen molar-refractivity contribution in [3.63, 3.8) is 0 Å². The molecule has 0 saturated carbocycles. The summed E-state index contributed by atoms with van der Waals surface area (Å²) in [7, 11) is 1.51. The molecule has 0 fully saturated rings. The quantitative estimate of drug-likeness (QED) is 0.897. The molecule has 0 unspecified atom stereocenters. The van der Waals surface area contributed by atoms with Crippen molar-refractivity contribution in [1.29, 1.82) is 0 Å². The van der Waals surface area contributed by atoms with Gasteiger partial charge in [0.25, 0.3) is 0 Å². The van der Waals surface area contributed by atoms with Crippen LogP contribution in [-0.2, 0) is 11.2 Å². The first kappa shape index (κ1) is 13.9. The molecule has 0 aliphatic carbocycles. The zero-order valence-electron chi connectivity index (χ0n) is 11.5. The van der Waals surface area contributed by atoms with Gasteiger partial charge in [-0.1, -0.05) is 6.07 Å². The lowest BCUT2D eigenvalue weighted by Gasteiger charge is -2.05. The fraction of sp³-hybridized carbons (Fsp3) is 0.286. The lowest BCUT2D eigenvalue weighted by Crippen LogP contribution is -2.13. The molecule has 2 aromatic rings. The number of ether oxygens (including phenoxy) is 1. The van der Waals surface area contributed by atoms with Crippen LogP contribution >= 0.6 is 0 Å². The highest BCUT2D eigenvalue weighted by Crippen LogP contribution is 2.07. The van der Waals surface area contributed by atoms with Crippen molar-refractivity contribution >= 4 is 11.7 Å². The molecule has 104 valence electrons. The molecule has 20 heavy (non-hydrogen) atoms. The highest BCUT2D eigenvalue weighted by molar-refractivity contribution is 5.89. The predicted octanol–water partition coefficient (Wildman–Crippen LogP) is 1.76. The van der Waals surface area contributed by atoms with Crippen LogP contribution in [-0.4, -0.2) is 28.0 Å². The van der Waals surface area contributed by atoms with E-state index in [9.17, 15) is 4.79 Å². The van der Waals surface area contributed by atoms with Crippen molar-refractivity contribution in [1.82, 2.24) is 15.0 Å². The molecule has 0 bridgehead atoms. The number of nitrogens with zero attached hydrogens (tertiary/aromatic N) is 3. The van der Waals surface area contributed by atoms with Gasteiger partial charge in [-0.25, -0.2) is 15.0 Å². The average Bonchev–Trinajstić information content (AvgIpc) is 2.46. The summed E-state index contributed by atoms with van der Waals surface area (Å²) in [6.45, 7) is 1.88. The maximum atomic E-state index is 11.8. The second kappa shape index (κ2) is 6.60. The van der Waals surface area contributed by atoms with Crippen molar-refractivity contribution in [2.45, 2.75) is 19.8 Å². The van der Waals surface area contributed by atoms with Gasteiger partial charge in [-0.05, 0) is 31.0 Å². The monoisotopic (exact) mass is 272 g/mol. The highest BCUT2D eigenvalue weighted by atomic mass is 16.5. The van der Waals surface area contributed by atoms with Crippen LogP contribution in [0.2, 0.25) is 0 Å². The smallest absolute Gasteiger partial charge is 0.316 e. The number of rotatable bonds is 5. The molecule has 0 aliphatic heterocycles. The fourth-order valence-corrected chi connectivity index (χ4v) is 1.65. The van der Waals surface area contributed by atoms with E-state index in [0.717, 1.165) is 11.3 Å². The number of methoxy groups -OCH3 is 1. The molecule has 6 nitrogen and oxygen atoms in total. The first-order chi connectivity index (χ1) is 9.67. The van der Waals surface area contributed by atoms with Gasteiger partial charge in [0.1, 0.15) is 5.82 Å². The van der Waals surface area contributed by atoms with Crippen LogP contribution < -0.4 is 10.1 Å².